The average Bonchev–Trinajstić information content (AvgIpc) is 2.77. The number of carbonyl (C=O) groups is 1. The van der Waals surface area contributed by atoms with Crippen molar-refractivity contribution in [1.29, 1.82) is 0 Å². The molecule has 2 aliphatic rings. The summed E-state index contributed by atoms with van der Waals surface area (Å²) in [5, 5.41) is 0. The largest absolute Gasteiger partial charge is 0.366 e. The van der Waals surface area contributed by atoms with Crippen LogP contribution in [0.1, 0.15) is 19.8 Å². The lowest BCUT2D eigenvalue weighted by Crippen LogP contribution is -2.46. The highest BCUT2D eigenvalue weighted by atomic mass is 16.1. The highest BCUT2D eigenvalue weighted by Gasteiger charge is 2.41. The first-order valence-corrected chi connectivity index (χ1v) is 6.14. The van der Waals surface area contributed by atoms with Crippen LogP contribution in [-0.2, 0) is 4.79 Å². The molecule has 0 saturated carbocycles. The monoisotopic (exact) mass is 223 g/mol. The van der Waals surface area contributed by atoms with Crippen LogP contribution in [0.25, 0.3) is 0 Å². The number of rotatable bonds is 5. The topological polar surface area (TPSA) is 49.6 Å². The molecule has 2 saturated heterocycles. The van der Waals surface area contributed by atoms with Crippen LogP contribution in [0.5, 0.6) is 0 Å². The van der Waals surface area contributed by atoms with Crippen molar-refractivity contribution in [3.63, 3.8) is 0 Å². The fourth-order valence-electron chi connectivity index (χ4n) is 2.92. The van der Waals surface area contributed by atoms with Crippen molar-refractivity contribution >= 4 is 5.91 Å². The summed E-state index contributed by atoms with van der Waals surface area (Å²) in [6, 6.07) is 1.43. The van der Waals surface area contributed by atoms with Crippen LogP contribution in [0.15, 0.2) is 12.2 Å². The van der Waals surface area contributed by atoms with E-state index in [9.17, 15) is 4.79 Å². The number of likely N-dealkylation sites (tertiary alicyclic amines) is 2. The summed E-state index contributed by atoms with van der Waals surface area (Å²) in [4.78, 5) is 15.6. The molecule has 2 fully saturated rings. The number of nitrogens with two attached hydrogens (primary N) is 1. The molecule has 2 rings (SSSR count). The van der Waals surface area contributed by atoms with Crippen molar-refractivity contribution in [2.45, 2.75) is 31.8 Å². The second-order valence-electron chi connectivity index (χ2n) is 4.80. The normalized spacial score (nSPS) is 30.6. The molecule has 2 bridgehead atoms. The van der Waals surface area contributed by atoms with Gasteiger partial charge in [-0.1, -0.05) is 13.0 Å². The molecular weight excluding hydrogens is 202 g/mol. The number of hydrogen-bond acceptors (Lipinski definition) is 3. The minimum Gasteiger partial charge on any atom is -0.366 e. The number of hydrogen-bond donors (Lipinski definition) is 1. The Labute approximate surface area is 97.1 Å². The average molecular weight is 223 g/mol. The van der Waals surface area contributed by atoms with E-state index >= 15 is 0 Å². The molecule has 4 nitrogen and oxygen atoms in total. The third kappa shape index (κ3) is 2.44. The standard InChI is InChI=1S/C12H21N3O/c1-2-5-14-8-11-7-10(14)9-15(11)6-3-4-12(13)16/h3-4,10-11H,2,5-9H2,1H3,(H2,13,16)/b4-3+. The Morgan fingerprint density at radius 2 is 2.06 bits per heavy atom. The maximum absolute atomic E-state index is 10.6. The van der Waals surface area contributed by atoms with Gasteiger partial charge in [-0.3, -0.25) is 14.6 Å². The van der Waals surface area contributed by atoms with Gasteiger partial charge in [0.1, 0.15) is 0 Å². The molecule has 2 unspecified atom stereocenters. The first-order valence-electron chi connectivity index (χ1n) is 6.14. The predicted octanol–water partition coefficient (Wildman–Crippen LogP) is 0.196. The maximum Gasteiger partial charge on any atom is 0.241 e. The van der Waals surface area contributed by atoms with Crippen LogP contribution in [0.4, 0.5) is 0 Å². The second kappa shape index (κ2) is 4.97. The summed E-state index contributed by atoms with van der Waals surface area (Å²) < 4.78 is 0. The zero-order valence-electron chi connectivity index (χ0n) is 9.93. The molecule has 90 valence electrons. The van der Waals surface area contributed by atoms with Gasteiger partial charge in [-0.05, 0) is 25.5 Å². The lowest BCUT2D eigenvalue weighted by Gasteiger charge is -2.33. The Morgan fingerprint density at radius 3 is 2.62 bits per heavy atom. The van der Waals surface area contributed by atoms with E-state index in [0.29, 0.717) is 6.04 Å². The quantitative estimate of drug-likeness (QED) is 0.677. The Morgan fingerprint density at radius 1 is 1.38 bits per heavy atom. The lowest BCUT2D eigenvalue weighted by atomic mass is 10.2. The van der Waals surface area contributed by atoms with Gasteiger partial charge < -0.3 is 5.73 Å². The molecule has 0 aromatic heterocycles. The third-order valence-corrected chi connectivity index (χ3v) is 3.60. The predicted molar refractivity (Wildman–Crippen MR) is 64.0 cm³/mol. The van der Waals surface area contributed by atoms with Crippen molar-refractivity contribution in [1.82, 2.24) is 9.80 Å². The van der Waals surface area contributed by atoms with Crippen molar-refractivity contribution in [2.24, 2.45) is 5.73 Å². The van der Waals surface area contributed by atoms with Crippen molar-refractivity contribution < 1.29 is 4.79 Å². The summed E-state index contributed by atoms with van der Waals surface area (Å²) in [6.07, 6.45) is 5.89. The van der Waals surface area contributed by atoms with Gasteiger partial charge in [-0.2, -0.15) is 0 Å². The van der Waals surface area contributed by atoms with Crippen molar-refractivity contribution in [2.75, 3.05) is 26.2 Å². The molecule has 1 amide bonds. The first kappa shape index (κ1) is 11.6. The number of nitrogens with zero attached hydrogens (tertiary/aromatic N) is 2. The zero-order chi connectivity index (χ0) is 11.5. The van der Waals surface area contributed by atoms with Gasteiger partial charge in [-0.25, -0.2) is 0 Å². The maximum atomic E-state index is 10.6. The molecule has 0 aromatic carbocycles. The molecule has 0 radical (unpaired) electrons. The van der Waals surface area contributed by atoms with Crippen LogP contribution < -0.4 is 5.73 Å². The summed E-state index contributed by atoms with van der Waals surface area (Å²) in [7, 11) is 0. The molecule has 0 aliphatic carbocycles. The van der Waals surface area contributed by atoms with Gasteiger partial charge in [0, 0.05) is 31.7 Å². The Bertz CT molecular complexity index is 290. The van der Waals surface area contributed by atoms with E-state index in [4.69, 9.17) is 5.73 Å². The van der Waals surface area contributed by atoms with Crippen LogP contribution in [0, 0.1) is 0 Å². The van der Waals surface area contributed by atoms with Crippen LogP contribution in [-0.4, -0.2) is 54.0 Å². The zero-order valence-corrected chi connectivity index (χ0v) is 9.93. The fourth-order valence-corrected chi connectivity index (χ4v) is 2.92. The van der Waals surface area contributed by atoms with E-state index in [1.54, 1.807) is 0 Å². The Hall–Kier alpha value is -0.870. The van der Waals surface area contributed by atoms with E-state index in [-0.39, 0.29) is 5.91 Å². The van der Waals surface area contributed by atoms with Gasteiger partial charge in [0.15, 0.2) is 0 Å². The van der Waals surface area contributed by atoms with E-state index in [1.807, 2.05) is 6.08 Å². The summed E-state index contributed by atoms with van der Waals surface area (Å²) in [5.41, 5.74) is 5.06. The van der Waals surface area contributed by atoms with Crippen molar-refractivity contribution in [3.8, 4) is 0 Å². The van der Waals surface area contributed by atoms with Gasteiger partial charge in [-0.15, -0.1) is 0 Å². The molecule has 16 heavy (non-hydrogen) atoms. The summed E-state index contributed by atoms with van der Waals surface area (Å²) in [6.45, 7) is 6.67. The second-order valence-corrected chi connectivity index (χ2v) is 4.80. The molecule has 0 aromatic rings. The molecule has 2 aliphatic heterocycles. The third-order valence-electron chi connectivity index (χ3n) is 3.60. The number of amides is 1. The number of primary amides is 1. The highest BCUT2D eigenvalue weighted by Crippen LogP contribution is 2.30. The molecule has 0 spiro atoms. The van der Waals surface area contributed by atoms with Gasteiger partial charge in [0.25, 0.3) is 0 Å². The molecule has 4 heteroatoms. The summed E-state index contributed by atoms with van der Waals surface area (Å²) in [5.74, 6) is -0.350. The molecular formula is C12H21N3O. The van der Waals surface area contributed by atoms with Gasteiger partial charge in [0.05, 0.1) is 0 Å². The SMILES string of the molecule is CCCN1CC2CC1CN2C/C=C/C(N)=O. The number of fused-ring (bicyclic) bond motifs is 2. The van der Waals surface area contributed by atoms with E-state index in [1.165, 1.54) is 32.0 Å². The minimum atomic E-state index is -0.350. The van der Waals surface area contributed by atoms with Gasteiger partial charge >= 0.3 is 0 Å². The van der Waals surface area contributed by atoms with Crippen LogP contribution >= 0.6 is 0 Å². The minimum absolute atomic E-state index is 0.350. The summed E-state index contributed by atoms with van der Waals surface area (Å²) >= 11 is 0. The van der Waals surface area contributed by atoms with Crippen LogP contribution in [0.2, 0.25) is 0 Å². The van der Waals surface area contributed by atoms with Gasteiger partial charge in [0.2, 0.25) is 5.91 Å². The molecule has 2 atom stereocenters. The fraction of sp³-hybridized carbons (Fsp3) is 0.750. The van der Waals surface area contributed by atoms with Crippen LogP contribution in [0.3, 0.4) is 0 Å². The van der Waals surface area contributed by atoms with E-state index < -0.39 is 0 Å². The first-order chi connectivity index (χ1) is 7.70. The van der Waals surface area contributed by atoms with E-state index in [2.05, 4.69) is 16.7 Å². The molecule has 2 N–H and O–H groups in total. The Balaban J connectivity index is 1.79. The molecule has 2 heterocycles. The van der Waals surface area contributed by atoms with Crippen molar-refractivity contribution in [3.05, 3.63) is 12.2 Å². The number of piperazine rings is 1. The van der Waals surface area contributed by atoms with E-state index in [0.717, 1.165) is 19.1 Å². The highest BCUT2D eigenvalue weighted by molar-refractivity contribution is 5.85. The number of carbonyl (C=O) groups excluding carboxylic acids is 1. The Kier molecular flexibility index (Phi) is 3.61. The lowest BCUT2D eigenvalue weighted by molar-refractivity contribution is -0.113. The smallest absolute Gasteiger partial charge is 0.241 e.